The number of nitrogens with two attached hydrogens (primary N) is 1. The van der Waals surface area contributed by atoms with Crippen LogP contribution in [0.1, 0.15) is 25.8 Å². The Balaban J connectivity index is 2.66. The molecular formula is C14H21N3O2. The minimum Gasteiger partial charge on any atom is -0.353 e. The van der Waals surface area contributed by atoms with Crippen molar-refractivity contribution in [3.63, 3.8) is 0 Å². The highest BCUT2D eigenvalue weighted by Crippen LogP contribution is 2.12. The third-order valence-electron chi connectivity index (χ3n) is 2.96. The highest BCUT2D eigenvalue weighted by Gasteiger charge is 2.19. The van der Waals surface area contributed by atoms with Crippen LogP contribution >= 0.6 is 0 Å². The molecule has 0 aliphatic heterocycles. The van der Waals surface area contributed by atoms with E-state index in [-0.39, 0.29) is 23.8 Å². The third-order valence-corrected chi connectivity index (χ3v) is 2.96. The maximum atomic E-state index is 11.4. The fraction of sp³-hybridized carbons (Fsp3) is 0.429. The minimum atomic E-state index is -0.245. The van der Waals surface area contributed by atoms with Crippen molar-refractivity contribution in [1.82, 2.24) is 10.7 Å². The van der Waals surface area contributed by atoms with E-state index in [1.807, 2.05) is 30.3 Å². The van der Waals surface area contributed by atoms with Gasteiger partial charge in [0.1, 0.15) is 0 Å². The Hall–Kier alpha value is -1.88. The Kier molecular flexibility index (Phi) is 6.02. The first-order valence-corrected chi connectivity index (χ1v) is 6.34. The average Bonchev–Trinajstić information content (AvgIpc) is 2.38. The summed E-state index contributed by atoms with van der Waals surface area (Å²) in [5.41, 5.74) is 3.26. The normalized spacial score (nSPS) is 13.4. The van der Waals surface area contributed by atoms with Gasteiger partial charge in [-0.25, -0.2) is 5.84 Å². The lowest BCUT2D eigenvalue weighted by atomic mass is 9.95. The van der Waals surface area contributed by atoms with Crippen molar-refractivity contribution in [2.24, 2.45) is 11.8 Å². The SMILES string of the molecule is CC(=O)NC(Cc1ccccc1)CC(C)C(=O)NN. The van der Waals surface area contributed by atoms with Crippen LogP contribution in [0.15, 0.2) is 30.3 Å². The molecule has 0 saturated carbocycles. The molecule has 104 valence electrons. The van der Waals surface area contributed by atoms with Crippen LogP contribution in [0, 0.1) is 5.92 Å². The molecule has 1 aromatic rings. The number of carbonyl (C=O) groups excluding carboxylic acids is 2. The summed E-state index contributed by atoms with van der Waals surface area (Å²) in [4.78, 5) is 22.7. The molecule has 2 amide bonds. The van der Waals surface area contributed by atoms with Crippen molar-refractivity contribution in [3.8, 4) is 0 Å². The van der Waals surface area contributed by atoms with Crippen molar-refractivity contribution in [1.29, 1.82) is 0 Å². The number of carbonyl (C=O) groups is 2. The molecule has 2 atom stereocenters. The van der Waals surface area contributed by atoms with Crippen molar-refractivity contribution in [2.75, 3.05) is 0 Å². The smallest absolute Gasteiger partial charge is 0.236 e. The number of hydrogen-bond donors (Lipinski definition) is 3. The number of rotatable bonds is 6. The zero-order valence-corrected chi connectivity index (χ0v) is 11.3. The maximum absolute atomic E-state index is 11.4. The first-order chi connectivity index (χ1) is 9.02. The molecule has 0 aliphatic rings. The molecule has 0 aliphatic carbocycles. The van der Waals surface area contributed by atoms with Gasteiger partial charge in [-0.2, -0.15) is 0 Å². The Morgan fingerprint density at radius 2 is 1.89 bits per heavy atom. The van der Waals surface area contributed by atoms with Crippen molar-refractivity contribution in [3.05, 3.63) is 35.9 Å². The topological polar surface area (TPSA) is 84.2 Å². The van der Waals surface area contributed by atoms with E-state index in [1.54, 1.807) is 6.92 Å². The number of hydrogen-bond acceptors (Lipinski definition) is 3. The summed E-state index contributed by atoms with van der Waals surface area (Å²) in [6.07, 6.45) is 1.25. The van der Waals surface area contributed by atoms with E-state index in [2.05, 4.69) is 10.7 Å². The zero-order chi connectivity index (χ0) is 14.3. The van der Waals surface area contributed by atoms with Crippen LogP contribution in [0.25, 0.3) is 0 Å². The van der Waals surface area contributed by atoms with E-state index in [0.29, 0.717) is 12.8 Å². The molecule has 2 unspecified atom stereocenters. The predicted molar refractivity (Wildman–Crippen MR) is 73.9 cm³/mol. The fourth-order valence-electron chi connectivity index (χ4n) is 2.06. The van der Waals surface area contributed by atoms with E-state index >= 15 is 0 Å². The quantitative estimate of drug-likeness (QED) is 0.402. The minimum absolute atomic E-state index is 0.0767. The van der Waals surface area contributed by atoms with Gasteiger partial charge in [-0.05, 0) is 18.4 Å². The number of amides is 2. The Morgan fingerprint density at radius 3 is 2.42 bits per heavy atom. The lowest BCUT2D eigenvalue weighted by Crippen LogP contribution is -2.41. The van der Waals surface area contributed by atoms with Gasteiger partial charge in [0.25, 0.3) is 0 Å². The number of benzene rings is 1. The average molecular weight is 263 g/mol. The van der Waals surface area contributed by atoms with Gasteiger partial charge in [0.15, 0.2) is 0 Å². The molecule has 0 bridgehead atoms. The summed E-state index contributed by atoms with van der Waals surface area (Å²) in [5, 5.41) is 2.88. The first-order valence-electron chi connectivity index (χ1n) is 6.34. The third kappa shape index (κ3) is 5.52. The molecule has 0 fully saturated rings. The van der Waals surface area contributed by atoms with Gasteiger partial charge in [0, 0.05) is 18.9 Å². The largest absolute Gasteiger partial charge is 0.353 e. The summed E-state index contributed by atoms with van der Waals surface area (Å²) in [5.74, 6) is 4.56. The van der Waals surface area contributed by atoms with Crippen molar-refractivity contribution in [2.45, 2.75) is 32.7 Å². The molecule has 0 heterocycles. The lowest BCUT2D eigenvalue weighted by Gasteiger charge is -2.21. The van der Waals surface area contributed by atoms with Gasteiger partial charge >= 0.3 is 0 Å². The second-order valence-electron chi connectivity index (χ2n) is 4.73. The van der Waals surface area contributed by atoms with Crippen LogP contribution in [0.5, 0.6) is 0 Å². The molecule has 1 rings (SSSR count). The van der Waals surface area contributed by atoms with E-state index in [9.17, 15) is 9.59 Å². The first kappa shape index (κ1) is 15.2. The van der Waals surface area contributed by atoms with E-state index in [4.69, 9.17) is 5.84 Å². The van der Waals surface area contributed by atoms with Gasteiger partial charge < -0.3 is 5.32 Å². The standard InChI is InChI=1S/C14H21N3O2/c1-10(14(19)17-15)8-13(16-11(2)18)9-12-6-4-3-5-7-12/h3-7,10,13H,8-9,15H2,1-2H3,(H,16,18)(H,17,19). The van der Waals surface area contributed by atoms with Crippen LogP contribution in [-0.2, 0) is 16.0 Å². The summed E-state index contributed by atoms with van der Waals surface area (Å²) >= 11 is 0. The van der Waals surface area contributed by atoms with Gasteiger partial charge in [-0.15, -0.1) is 0 Å². The highest BCUT2D eigenvalue weighted by molar-refractivity contribution is 5.78. The zero-order valence-electron chi connectivity index (χ0n) is 11.3. The maximum Gasteiger partial charge on any atom is 0.236 e. The second kappa shape index (κ2) is 7.53. The van der Waals surface area contributed by atoms with Crippen LogP contribution in [0.4, 0.5) is 0 Å². The molecule has 0 spiro atoms. The predicted octanol–water partition coefficient (Wildman–Crippen LogP) is 0.750. The van der Waals surface area contributed by atoms with E-state index < -0.39 is 0 Å². The molecule has 0 saturated heterocycles. The molecule has 4 N–H and O–H groups in total. The summed E-state index contributed by atoms with van der Waals surface area (Å²) < 4.78 is 0. The Morgan fingerprint density at radius 1 is 1.26 bits per heavy atom. The van der Waals surface area contributed by atoms with E-state index in [1.165, 1.54) is 6.92 Å². The van der Waals surface area contributed by atoms with Crippen molar-refractivity contribution >= 4 is 11.8 Å². The lowest BCUT2D eigenvalue weighted by molar-refractivity contribution is -0.125. The highest BCUT2D eigenvalue weighted by atomic mass is 16.2. The van der Waals surface area contributed by atoms with Gasteiger partial charge in [-0.3, -0.25) is 15.0 Å². The molecule has 0 radical (unpaired) electrons. The number of hydrazine groups is 1. The summed E-state index contributed by atoms with van der Waals surface area (Å²) in [6, 6.07) is 9.78. The molecule has 5 heteroatoms. The van der Waals surface area contributed by atoms with Crippen LogP contribution < -0.4 is 16.6 Å². The molecule has 19 heavy (non-hydrogen) atoms. The number of nitrogens with one attached hydrogen (secondary N) is 2. The van der Waals surface area contributed by atoms with Crippen molar-refractivity contribution < 1.29 is 9.59 Å². The van der Waals surface area contributed by atoms with Gasteiger partial charge in [0.05, 0.1) is 0 Å². The Labute approximate surface area is 113 Å². The Bertz CT molecular complexity index is 420. The van der Waals surface area contributed by atoms with Crippen LogP contribution in [0.2, 0.25) is 0 Å². The monoisotopic (exact) mass is 263 g/mol. The second-order valence-corrected chi connectivity index (χ2v) is 4.73. The van der Waals surface area contributed by atoms with E-state index in [0.717, 1.165) is 5.56 Å². The van der Waals surface area contributed by atoms with Crippen LogP contribution in [-0.4, -0.2) is 17.9 Å². The summed E-state index contributed by atoms with van der Waals surface area (Å²) in [7, 11) is 0. The molecule has 0 aromatic heterocycles. The molecule has 1 aromatic carbocycles. The van der Waals surface area contributed by atoms with Crippen LogP contribution in [0.3, 0.4) is 0 Å². The van der Waals surface area contributed by atoms with Gasteiger partial charge in [0.2, 0.25) is 11.8 Å². The van der Waals surface area contributed by atoms with Gasteiger partial charge in [-0.1, -0.05) is 37.3 Å². The summed E-state index contributed by atoms with van der Waals surface area (Å²) in [6.45, 7) is 3.27. The fourth-order valence-corrected chi connectivity index (χ4v) is 2.06. The molecular weight excluding hydrogens is 242 g/mol. The molecule has 5 nitrogen and oxygen atoms in total.